The van der Waals surface area contributed by atoms with Crippen LogP contribution in [0.1, 0.15) is 21.6 Å². The van der Waals surface area contributed by atoms with Crippen LogP contribution in [0.15, 0.2) is 81.1 Å². The van der Waals surface area contributed by atoms with E-state index >= 15 is 0 Å². The van der Waals surface area contributed by atoms with Gasteiger partial charge in [0.15, 0.2) is 11.6 Å². The first-order valence-corrected chi connectivity index (χ1v) is 14.8. The topological polar surface area (TPSA) is 135 Å². The maximum atomic E-state index is 14.8. The number of rotatable bonds is 8. The van der Waals surface area contributed by atoms with Crippen molar-refractivity contribution in [3.63, 3.8) is 0 Å². The zero-order chi connectivity index (χ0) is 33.4. The van der Waals surface area contributed by atoms with Crippen molar-refractivity contribution in [1.82, 2.24) is 38.9 Å². The first kappa shape index (κ1) is 31.6. The van der Waals surface area contributed by atoms with Gasteiger partial charge in [-0.2, -0.15) is 14.8 Å². The summed E-state index contributed by atoms with van der Waals surface area (Å²) in [6.07, 6.45) is 5.68. The number of fused-ring (bicyclic) bond motifs is 1. The minimum absolute atomic E-state index is 0.0489. The number of aromatic nitrogens is 8. The molecule has 3 aromatic heterocycles. The van der Waals surface area contributed by atoms with Crippen LogP contribution in [0, 0.1) is 17.5 Å². The normalized spacial score (nSPS) is 11.5. The van der Waals surface area contributed by atoms with Gasteiger partial charge in [0.1, 0.15) is 5.82 Å². The Bertz CT molecular complexity index is 2330. The quantitative estimate of drug-likeness (QED) is 0.173. The average Bonchev–Trinajstić information content (AvgIpc) is 3.64. The van der Waals surface area contributed by atoms with Crippen LogP contribution in [-0.4, -0.2) is 44.8 Å². The van der Waals surface area contributed by atoms with Gasteiger partial charge in [0.05, 0.1) is 41.2 Å². The summed E-state index contributed by atoms with van der Waals surface area (Å²) >= 11 is 9.78. The fourth-order valence-electron chi connectivity index (χ4n) is 4.67. The molecular weight excluding hydrogens is 707 g/mol. The number of anilines is 2. The molecule has 3 heterocycles. The van der Waals surface area contributed by atoms with Crippen molar-refractivity contribution >= 4 is 62.1 Å². The number of nitrogens with one attached hydrogen (secondary N) is 1. The Morgan fingerprint density at radius 1 is 1.00 bits per heavy atom. The van der Waals surface area contributed by atoms with E-state index in [0.29, 0.717) is 27.6 Å². The second-order valence-corrected chi connectivity index (χ2v) is 11.5. The molecule has 0 unspecified atom stereocenters. The molecule has 3 aromatic carbocycles. The largest absolute Gasteiger partial charge is 0.355 e. The molecule has 0 fully saturated rings. The third-order valence-corrected chi connectivity index (χ3v) is 7.80. The van der Waals surface area contributed by atoms with Crippen molar-refractivity contribution in [1.29, 1.82) is 0 Å². The number of benzene rings is 3. The first-order valence-electron chi connectivity index (χ1n) is 13.6. The third kappa shape index (κ3) is 6.64. The smallest absolute Gasteiger partial charge is 0.324 e. The number of allylic oxidation sites excluding steroid dienone is 1. The summed E-state index contributed by atoms with van der Waals surface area (Å²) in [7, 11) is 1.71. The zero-order valence-corrected chi connectivity index (χ0v) is 26.4. The predicted octanol–water partition coefficient (Wildman–Crippen LogP) is 4.91. The summed E-state index contributed by atoms with van der Waals surface area (Å²) in [5.74, 6) is -4.90. The lowest BCUT2D eigenvalue weighted by atomic mass is 10.2. The first-order chi connectivity index (χ1) is 22.5. The van der Waals surface area contributed by atoms with Crippen molar-refractivity contribution in [2.24, 2.45) is 7.05 Å². The van der Waals surface area contributed by atoms with Crippen LogP contribution in [0.25, 0.3) is 17.0 Å². The van der Waals surface area contributed by atoms with Crippen LogP contribution in [0.4, 0.5) is 24.8 Å². The molecule has 6 rings (SSSR count). The van der Waals surface area contributed by atoms with E-state index in [1.165, 1.54) is 12.3 Å². The molecule has 6 aromatic rings. The van der Waals surface area contributed by atoms with Crippen LogP contribution in [0.3, 0.4) is 0 Å². The lowest BCUT2D eigenvalue weighted by Crippen LogP contribution is -2.43. The molecule has 238 valence electrons. The lowest BCUT2D eigenvalue weighted by molar-refractivity contribution is 0.0949. The standard InChI is InChI=1S/C30H20BrClF3N9O3/c1-41-13-18-9-26(21(32)10-25(18)39-41)37-28-38-29(46)43(30(47)42(28)14-17-8-23(34)24(35)11-22(17)33)15-20-12-36-40-44(20)27(45)7-4-16-2-5-19(31)6-3-16/h2-13H,14-15H2,1H3,(H,37,38,46)/b7-4+. The molecular formula is C30H20BrClF3N9O3. The minimum atomic E-state index is -1.42. The summed E-state index contributed by atoms with van der Waals surface area (Å²) in [5, 5.41) is 15.4. The Morgan fingerprint density at radius 2 is 1.74 bits per heavy atom. The van der Waals surface area contributed by atoms with E-state index in [1.807, 2.05) is 0 Å². The predicted molar refractivity (Wildman–Crippen MR) is 170 cm³/mol. The lowest BCUT2D eigenvalue weighted by Gasteiger charge is -2.17. The maximum absolute atomic E-state index is 14.8. The molecule has 47 heavy (non-hydrogen) atoms. The van der Waals surface area contributed by atoms with Crippen molar-refractivity contribution in [3.05, 3.63) is 132 Å². The molecule has 0 aliphatic carbocycles. The molecule has 0 aliphatic rings. The molecule has 0 spiro atoms. The highest BCUT2D eigenvalue weighted by Crippen LogP contribution is 2.29. The maximum Gasteiger partial charge on any atom is 0.355 e. The van der Waals surface area contributed by atoms with Gasteiger partial charge in [-0.25, -0.2) is 27.3 Å². The van der Waals surface area contributed by atoms with Crippen molar-refractivity contribution in [2.45, 2.75) is 13.1 Å². The van der Waals surface area contributed by atoms with Gasteiger partial charge in [0.2, 0.25) is 5.95 Å². The zero-order valence-electron chi connectivity index (χ0n) is 24.0. The number of carbonyl (C=O) groups excluding carboxylic acids is 1. The fourth-order valence-corrected chi connectivity index (χ4v) is 5.14. The monoisotopic (exact) mass is 725 g/mol. The number of hydrogen-bond acceptors (Lipinski definition) is 8. The van der Waals surface area contributed by atoms with Crippen molar-refractivity contribution in [3.8, 4) is 0 Å². The number of aryl methyl sites for hydroxylation is 1. The van der Waals surface area contributed by atoms with Crippen LogP contribution < -0.4 is 16.7 Å². The highest BCUT2D eigenvalue weighted by atomic mass is 79.9. The van der Waals surface area contributed by atoms with Crippen LogP contribution in [-0.2, 0) is 20.1 Å². The summed E-state index contributed by atoms with van der Waals surface area (Å²) in [5.41, 5.74) is -0.922. The summed E-state index contributed by atoms with van der Waals surface area (Å²) in [6, 6.07) is 11.2. The Balaban J connectivity index is 1.40. The molecule has 0 amide bonds. The second-order valence-electron chi connectivity index (χ2n) is 10.2. The van der Waals surface area contributed by atoms with Crippen LogP contribution in [0.2, 0.25) is 5.02 Å². The van der Waals surface area contributed by atoms with Gasteiger partial charge in [0, 0.05) is 40.8 Å². The summed E-state index contributed by atoms with van der Waals surface area (Å²) < 4.78 is 47.4. The SMILES string of the molecule is Cn1cc2cc(Nc3nc(=O)n(Cc4cnnn4C(=O)/C=C/c4ccc(Br)cc4)c(=O)n3Cc3cc(F)c(F)cc3F)c(Cl)cc2n1. The Labute approximate surface area is 275 Å². The summed E-state index contributed by atoms with van der Waals surface area (Å²) in [4.78, 5) is 44.1. The van der Waals surface area contributed by atoms with Gasteiger partial charge in [-0.05, 0) is 42.0 Å². The molecule has 0 radical (unpaired) electrons. The summed E-state index contributed by atoms with van der Waals surface area (Å²) in [6.45, 7) is -1.19. The average molecular weight is 727 g/mol. The van der Waals surface area contributed by atoms with Crippen molar-refractivity contribution < 1.29 is 18.0 Å². The van der Waals surface area contributed by atoms with Crippen molar-refractivity contribution in [2.75, 3.05) is 5.32 Å². The van der Waals surface area contributed by atoms with E-state index in [4.69, 9.17) is 11.6 Å². The molecule has 0 bridgehead atoms. The van der Waals surface area contributed by atoms with E-state index in [9.17, 15) is 27.6 Å². The van der Waals surface area contributed by atoms with E-state index < -0.39 is 53.4 Å². The van der Waals surface area contributed by atoms with E-state index in [0.717, 1.165) is 19.3 Å². The molecule has 17 heteroatoms. The number of halogens is 5. The van der Waals surface area contributed by atoms with Gasteiger partial charge in [-0.3, -0.25) is 14.0 Å². The molecule has 0 saturated carbocycles. The molecule has 12 nitrogen and oxygen atoms in total. The number of hydrogen-bond donors (Lipinski definition) is 1. The molecule has 1 N–H and O–H groups in total. The van der Waals surface area contributed by atoms with Crippen LogP contribution >= 0.6 is 27.5 Å². The van der Waals surface area contributed by atoms with Gasteiger partial charge in [-0.1, -0.05) is 44.9 Å². The highest BCUT2D eigenvalue weighted by Gasteiger charge is 2.20. The minimum Gasteiger partial charge on any atom is -0.324 e. The highest BCUT2D eigenvalue weighted by molar-refractivity contribution is 9.10. The van der Waals surface area contributed by atoms with E-state index in [2.05, 4.69) is 41.6 Å². The van der Waals surface area contributed by atoms with Gasteiger partial charge >= 0.3 is 11.4 Å². The number of nitrogens with zero attached hydrogens (tertiary/aromatic N) is 8. The van der Waals surface area contributed by atoms with Crippen LogP contribution in [0.5, 0.6) is 0 Å². The van der Waals surface area contributed by atoms with Gasteiger partial charge in [0.25, 0.3) is 5.91 Å². The fraction of sp³-hybridized carbons (Fsp3) is 0.100. The molecule has 0 atom stereocenters. The van der Waals surface area contributed by atoms with E-state index in [-0.39, 0.29) is 22.4 Å². The second kappa shape index (κ2) is 12.8. The van der Waals surface area contributed by atoms with E-state index in [1.54, 1.807) is 60.4 Å². The Hall–Kier alpha value is -5.35. The third-order valence-electron chi connectivity index (χ3n) is 6.96. The van der Waals surface area contributed by atoms with Gasteiger partial charge in [-0.15, -0.1) is 5.10 Å². The molecule has 0 saturated heterocycles. The number of carbonyl (C=O) groups is 1. The molecule has 0 aliphatic heterocycles. The Morgan fingerprint density at radius 3 is 2.51 bits per heavy atom. The Kier molecular flexibility index (Phi) is 8.62. The van der Waals surface area contributed by atoms with Gasteiger partial charge < -0.3 is 5.32 Å².